The second kappa shape index (κ2) is 12.7. The average molecular weight is 589 g/mol. The van der Waals surface area contributed by atoms with Gasteiger partial charge in [0.1, 0.15) is 11.8 Å². The Morgan fingerprint density at radius 1 is 1.07 bits per heavy atom. The van der Waals surface area contributed by atoms with Crippen molar-refractivity contribution >= 4 is 56.6 Å². The van der Waals surface area contributed by atoms with Gasteiger partial charge < -0.3 is 20.3 Å². The van der Waals surface area contributed by atoms with E-state index in [-0.39, 0.29) is 36.3 Å². The highest BCUT2D eigenvalue weighted by atomic mass is 35.5. The Morgan fingerprint density at radius 3 is 2.48 bits per heavy atom. The molecule has 0 saturated carbocycles. The maximum absolute atomic E-state index is 13.9. The molecule has 0 saturated heterocycles. The summed E-state index contributed by atoms with van der Waals surface area (Å²) in [5, 5.41) is 6.93. The Labute approximate surface area is 239 Å². The molecule has 0 unspecified atom stereocenters. The van der Waals surface area contributed by atoms with Crippen LogP contribution in [0.4, 0.5) is 5.69 Å². The number of likely N-dealkylation sites (N-methyl/N-ethyl adjacent to an activating group) is 1. The molecule has 40 heavy (non-hydrogen) atoms. The van der Waals surface area contributed by atoms with Gasteiger partial charge in [-0.15, -0.1) is 12.4 Å². The number of rotatable bonds is 8. The Bertz CT molecular complexity index is 1550. The number of hydrogen-bond donors (Lipinski definition) is 3. The maximum Gasteiger partial charge on any atom is 0.265 e. The number of halogens is 1. The minimum Gasteiger partial charge on any atom is -0.496 e. The summed E-state index contributed by atoms with van der Waals surface area (Å²) in [6, 6.07) is 14.8. The number of methoxy groups -OCH3 is 1. The summed E-state index contributed by atoms with van der Waals surface area (Å²) >= 11 is 0. The van der Waals surface area contributed by atoms with Crippen molar-refractivity contribution in [2.75, 3.05) is 25.3 Å². The fourth-order valence-corrected chi connectivity index (χ4v) is 5.22. The zero-order chi connectivity index (χ0) is 28.3. The van der Waals surface area contributed by atoms with Crippen LogP contribution in [0.3, 0.4) is 0 Å². The van der Waals surface area contributed by atoms with Gasteiger partial charge in [-0.2, -0.15) is 0 Å². The summed E-state index contributed by atoms with van der Waals surface area (Å²) in [6.07, 6.45) is 1.95. The zero-order valence-electron chi connectivity index (χ0n) is 22.7. The van der Waals surface area contributed by atoms with E-state index in [9.17, 15) is 22.8 Å². The van der Waals surface area contributed by atoms with Gasteiger partial charge in [0.25, 0.3) is 5.91 Å². The topological polar surface area (TPSA) is 134 Å². The molecule has 12 heteroatoms. The molecule has 0 aromatic heterocycles. The van der Waals surface area contributed by atoms with Crippen molar-refractivity contribution in [2.24, 2.45) is 0 Å². The number of carbonyl (C=O) groups excluding carboxylic acids is 3. The number of hydrogen-bond acceptors (Lipinski definition) is 7. The quantitative estimate of drug-likeness (QED) is 0.368. The number of ether oxygens (including phenoxy) is 1. The van der Waals surface area contributed by atoms with Gasteiger partial charge in [0, 0.05) is 16.8 Å². The molecular weight excluding hydrogens is 556 g/mol. The van der Waals surface area contributed by atoms with Crippen LogP contribution in [0.2, 0.25) is 0 Å². The number of anilines is 1. The normalized spacial score (nSPS) is 15.8. The van der Waals surface area contributed by atoms with Crippen molar-refractivity contribution < 1.29 is 27.5 Å². The van der Waals surface area contributed by atoms with E-state index in [0.717, 1.165) is 17.5 Å². The van der Waals surface area contributed by atoms with Gasteiger partial charge in [0.15, 0.2) is 0 Å². The fourth-order valence-electron chi connectivity index (χ4n) is 4.77. The fraction of sp³-hybridized carbons (Fsp3) is 0.321. The lowest BCUT2D eigenvalue weighted by Gasteiger charge is -2.28. The van der Waals surface area contributed by atoms with Crippen molar-refractivity contribution in [2.45, 2.75) is 38.4 Å². The van der Waals surface area contributed by atoms with Crippen LogP contribution >= 0.6 is 12.4 Å². The molecule has 1 aliphatic heterocycles. The smallest absolute Gasteiger partial charge is 0.265 e. The van der Waals surface area contributed by atoms with Crippen LogP contribution in [-0.4, -0.2) is 58.6 Å². The molecule has 3 N–H and O–H groups in total. The Balaban J connectivity index is 0.00000441. The summed E-state index contributed by atoms with van der Waals surface area (Å²) in [5.74, 6) is -0.786. The second-order valence-corrected chi connectivity index (χ2v) is 11.3. The summed E-state index contributed by atoms with van der Waals surface area (Å²) in [7, 11) is -0.573. The van der Waals surface area contributed by atoms with Crippen LogP contribution in [0.25, 0.3) is 10.8 Å². The van der Waals surface area contributed by atoms with Crippen LogP contribution in [0.1, 0.15) is 34.8 Å². The second-order valence-electron chi connectivity index (χ2n) is 9.51. The molecular formula is C28H33ClN4O6S. The lowest BCUT2D eigenvalue weighted by atomic mass is 9.98. The number of benzene rings is 3. The van der Waals surface area contributed by atoms with Crippen molar-refractivity contribution in [1.82, 2.24) is 15.4 Å². The minimum atomic E-state index is -3.77. The number of para-hydroxylation sites is 1. The predicted molar refractivity (Wildman–Crippen MR) is 156 cm³/mol. The highest BCUT2D eigenvalue weighted by Crippen LogP contribution is 2.35. The van der Waals surface area contributed by atoms with Gasteiger partial charge in [-0.05, 0) is 67.4 Å². The molecule has 0 aliphatic carbocycles. The Kier molecular flexibility index (Phi) is 9.78. The minimum absolute atomic E-state index is 0. The van der Waals surface area contributed by atoms with Crippen LogP contribution < -0.4 is 25.0 Å². The number of aryl methyl sites for hydroxylation is 1. The van der Waals surface area contributed by atoms with Crippen molar-refractivity contribution in [3.05, 3.63) is 71.3 Å². The molecule has 0 radical (unpaired) electrons. The molecule has 4 rings (SSSR count). The third-order valence-electron chi connectivity index (χ3n) is 6.88. The molecule has 0 fully saturated rings. The Hall–Kier alpha value is -3.67. The van der Waals surface area contributed by atoms with Crippen LogP contribution in [-0.2, 0) is 32.6 Å². The van der Waals surface area contributed by atoms with Crippen LogP contribution in [0.5, 0.6) is 5.75 Å². The molecule has 1 heterocycles. The zero-order valence-corrected chi connectivity index (χ0v) is 24.3. The van der Waals surface area contributed by atoms with Crippen molar-refractivity contribution in [3.63, 3.8) is 0 Å². The first kappa shape index (κ1) is 30.9. The van der Waals surface area contributed by atoms with E-state index < -0.39 is 28.0 Å². The van der Waals surface area contributed by atoms with Crippen molar-refractivity contribution in [1.29, 1.82) is 0 Å². The first-order valence-corrected chi connectivity index (χ1v) is 14.4. The van der Waals surface area contributed by atoms with Gasteiger partial charge in [-0.1, -0.05) is 30.3 Å². The lowest BCUT2D eigenvalue weighted by molar-refractivity contribution is -0.128. The summed E-state index contributed by atoms with van der Waals surface area (Å²) in [6.45, 7) is 1.82. The Morgan fingerprint density at radius 2 is 1.80 bits per heavy atom. The largest absolute Gasteiger partial charge is 0.496 e. The average Bonchev–Trinajstić information content (AvgIpc) is 3.03. The summed E-state index contributed by atoms with van der Waals surface area (Å²) in [5.41, 5.74) is 2.51. The van der Waals surface area contributed by atoms with Gasteiger partial charge in [0.2, 0.25) is 21.8 Å². The van der Waals surface area contributed by atoms with Crippen LogP contribution in [0, 0.1) is 0 Å². The highest BCUT2D eigenvalue weighted by molar-refractivity contribution is 7.89. The molecule has 10 nitrogen and oxygen atoms in total. The highest BCUT2D eigenvalue weighted by Gasteiger charge is 2.33. The first-order chi connectivity index (χ1) is 18.5. The third-order valence-corrected chi connectivity index (χ3v) is 7.44. The van der Waals surface area contributed by atoms with Gasteiger partial charge in [0.05, 0.1) is 26.0 Å². The molecule has 0 bridgehead atoms. The number of nitrogens with zero attached hydrogens (tertiary/aromatic N) is 1. The van der Waals surface area contributed by atoms with E-state index in [1.54, 1.807) is 49.2 Å². The van der Waals surface area contributed by atoms with Crippen molar-refractivity contribution in [3.8, 4) is 5.75 Å². The third kappa shape index (κ3) is 6.55. The summed E-state index contributed by atoms with van der Waals surface area (Å²) in [4.78, 5) is 41.0. The first-order valence-electron chi connectivity index (χ1n) is 12.5. The van der Waals surface area contributed by atoms with E-state index in [1.165, 1.54) is 7.11 Å². The molecule has 3 aromatic carbocycles. The van der Waals surface area contributed by atoms with E-state index in [2.05, 4.69) is 10.6 Å². The predicted octanol–water partition coefficient (Wildman–Crippen LogP) is 2.53. The van der Waals surface area contributed by atoms with E-state index in [1.807, 2.05) is 29.0 Å². The lowest BCUT2D eigenvalue weighted by Crippen LogP contribution is -2.52. The number of fused-ring (bicyclic) bond motifs is 2. The van der Waals surface area contributed by atoms with E-state index in [4.69, 9.17) is 4.74 Å². The molecule has 0 spiro atoms. The molecule has 1 aliphatic rings. The van der Waals surface area contributed by atoms with Gasteiger partial charge in [-0.25, -0.2) is 13.1 Å². The standard InChI is InChI=1S/C28H32N4O6S.ClH/c1-17(29-2)26(33)30-23-14-12-18-8-5-6-11-24(18)32(28(23)35)16-22-19-9-7-10-21(27(34)31-39(4,36)37)20(19)13-15-25(22)38-3;/h5-11,13,15,17,23,29H,12,14,16H2,1-4H3,(H,30,33)(H,31,34);1H/t17-,23-;/m0./s1. The number of nitrogens with one attached hydrogen (secondary N) is 3. The molecule has 2 atom stereocenters. The number of amides is 3. The maximum atomic E-state index is 13.9. The monoisotopic (exact) mass is 588 g/mol. The van der Waals surface area contributed by atoms with Gasteiger partial charge >= 0.3 is 0 Å². The van der Waals surface area contributed by atoms with E-state index in [0.29, 0.717) is 34.9 Å². The SMILES string of the molecule is CN[C@@H](C)C(=O)N[C@H]1CCc2ccccc2N(Cc2c(OC)ccc3c(C(=O)NS(C)(=O)=O)cccc23)C1=O.Cl. The molecule has 3 aromatic rings. The number of sulfonamides is 1. The van der Waals surface area contributed by atoms with E-state index >= 15 is 0 Å². The van der Waals surface area contributed by atoms with Gasteiger partial charge in [-0.3, -0.25) is 14.4 Å². The summed E-state index contributed by atoms with van der Waals surface area (Å²) < 4.78 is 31.1. The van der Waals surface area contributed by atoms with Crippen LogP contribution in [0.15, 0.2) is 54.6 Å². The molecule has 3 amide bonds. The number of carbonyl (C=O) groups is 3. The molecule has 214 valence electrons.